The first-order valence-corrected chi connectivity index (χ1v) is 2.06. The van der Waals surface area contributed by atoms with Crippen LogP contribution in [0.4, 0.5) is 0 Å². The van der Waals surface area contributed by atoms with Crippen LogP contribution in [0.1, 0.15) is 6.92 Å². The average Bonchev–Trinajstić information content (AvgIpc) is 1.68. The molecule has 38 valence electrons. The van der Waals surface area contributed by atoms with Crippen molar-refractivity contribution in [2.45, 2.75) is 6.92 Å². The summed E-state index contributed by atoms with van der Waals surface area (Å²) in [5.74, 6) is -0.713. The van der Waals surface area contributed by atoms with Crippen LogP contribution in [0.2, 0.25) is 0 Å². The van der Waals surface area contributed by atoms with Gasteiger partial charge in [0.25, 0.3) is 0 Å². The van der Waals surface area contributed by atoms with Crippen molar-refractivity contribution in [3.05, 3.63) is 0 Å². The molecule has 0 aromatic heterocycles. The molecule has 0 bridgehead atoms. The van der Waals surface area contributed by atoms with Gasteiger partial charge in [0.1, 0.15) is 5.92 Å². The Balaban J connectivity index is 2.59. The van der Waals surface area contributed by atoms with Gasteiger partial charge in [0, 0.05) is 0 Å². The van der Waals surface area contributed by atoms with Gasteiger partial charge in [-0.25, -0.2) is 0 Å². The highest BCUT2D eigenvalue weighted by molar-refractivity contribution is 6.17. The summed E-state index contributed by atoms with van der Waals surface area (Å²) in [7, 11) is 0. The summed E-state index contributed by atoms with van der Waals surface area (Å²) in [6.07, 6.45) is 0. The zero-order valence-electron chi connectivity index (χ0n) is 3.89. The monoisotopic (exact) mass is 99.0 g/mol. The highest BCUT2D eigenvalue weighted by Gasteiger charge is 2.32. The minimum atomic E-state index is -0.389. The maximum atomic E-state index is 10.1. The third kappa shape index (κ3) is 0.408. The van der Waals surface area contributed by atoms with Gasteiger partial charge in [-0.2, -0.15) is 0 Å². The summed E-state index contributed by atoms with van der Waals surface area (Å²) in [5, 5.41) is 2.08. The van der Waals surface area contributed by atoms with Crippen LogP contribution in [-0.2, 0) is 9.59 Å². The Morgan fingerprint density at radius 3 is 1.86 bits per heavy atom. The van der Waals surface area contributed by atoms with Crippen molar-refractivity contribution < 1.29 is 9.59 Å². The minimum absolute atomic E-state index is 0.162. The van der Waals surface area contributed by atoms with E-state index in [4.69, 9.17) is 0 Å². The van der Waals surface area contributed by atoms with Crippen molar-refractivity contribution in [2.24, 2.45) is 5.92 Å². The first-order valence-electron chi connectivity index (χ1n) is 2.06. The van der Waals surface area contributed by atoms with Crippen LogP contribution in [-0.4, -0.2) is 11.8 Å². The molecule has 1 saturated heterocycles. The summed E-state index contributed by atoms with van der Waals surface area (Å²) in [6, 6.07) is 0. The molecule has 1 aliphatic rings. The number of rotatable bonds is 0. The second kappa shape index (κ2) is 1.05. The van der Waals surface area contributed by atoms with Crippen molar-refractivity contribution in [1.29, 1.82) is 0 Å². The molecule has 1 aliphatic heterocycles. The van der Waals surface area contributed by atoms with Gasteiger partial charge in [-0.05, 0) is 6.92 Å². The molecule has 2 amide bonds. The standard InChI is InChI=1S/C4H5NO2/c1-2-3(6)5-4(2)7/h2H,1H3,(H,5,6,7). The van der Waals surface area contributed by atoms with E-state index in [1.165, 1.54) is 0 Å². The van der Waals surface area contributed by atoms with Gasteiger partial charge in [0.05, 0.1) is 0 Å². The fourth-order valence-electron chi connectivity index (χ4n) is 0.379. The predicted molar refractivity (Wildman–Crippen MR) is 22.3 cm³/mol. The van der Waals surface area contributed by atoms with E-state index in [0.717, 1.165) is 0 Å². The summed E-state index contributed by atoms with van der Waals surface area (Å²) in [6.45, 7) is 1.58. The maximum absolute atomic E-state index is 10.1. The van der Waals surface area contributed by atoms with Crippen LogP contribution in [0.25, 0.3) is 0 Å². The van der Waals surface area contributed by atoms with Crippen molar-refractivity contribution in [3.8, 4) is 0 Å². The largest absolute Gasteiger partial charge is 0.295 e. The molecule has 0 unspecified atom stereocenters. The number of nitrogens with one attached hydrogen (secondary N) is 1. The van der Waals surface area contributed by atoms with Crippen molar-refractivity contribution >= 4 is 11.8 Å². The molecular weight excluding hydrogens is 94.0 g/mol. The van der Waals surface area contributed by atoms with Gasteiger partial charge >= 0.3 is 0 Å². The zero-order valence-corrected chi connectivity index (χ0v) is 3.89. The number of β-lactam (4-membered cyclic amide) rings is 2. The number of hydrogen-bond acceptors (Lipinski definition) is 2. The smallest absolute Gasteiger partial charge is 0.238 e. The van der Waals surface area contributed by atoms with E-state index in [1.54, 1.807) is 6.92 Å². The lowest BCUT2D eigenvalue weighted by atomic mass is 10.0. The Labute approximate surface area is 40.7 Å². The highest BCUT2D eigenvalue weighted by atomic mass is 16.2. The average molecular weight is 99.1 g/mol. The number of amides is 2. The fraction of sp³-hybridized carbons (Fsp3) is 0.500. The molecule has 1 rings (SSSR count). The first-order chi connectivity index (χ1) is 3.22. The molecule has 1 heterocycles. The first kappa shape index (κ1) is 4.30. The molecule has 7 heavy (non-hydrogen) atoms. The molecule has 3 nitrogen and oxygen atoms in total. The SMILES string of the molecule is CC1C(=O)NC1=O. The van der Waals surface area contributed by atoms with Gasteiger partial charge in [0.15, 0.2) is 0 Å². The van der Waals surface area contributed by atoms with Crippen molar-refractivity contribution in [3.63, 3.8) is 0 Å². The van der Waals surface area contributed by atoms with E-state index in [2.05, 4.69) is 5.32 Å². The number of carbonyl (C=O) groups excluding carboxylic acids is 2. The van der Waals surface area contributed by atoms with Gasteiger partial charge in [-0.1, -0.05) is 0 Å². The van der Waals surface area contributed by atoms with Crippen LogP contribution in [0, 0.1) is 5.92 Å². The van der Waals surface area contributed by atoms with Crippen molar-refractivity contribution in [2.75, 3.05) is 0 Å². The lowest BCUT2D eigenvalue weighted by Crippen LogP contribution is -2.52. The van der Waals surface area contributed by atoms with Crippen LogP contribution < -0.4 is 5.32 Å². The predicted octanol–water partition coefficient (Wildman–Crippen LogP) is -0.721. The molecule has 0 aromatic carbocycles. The molecule has 0 saturated carbocycles. The fourth-order valence-corrected chi connectivity index (χ4v) is 0.379. The van der Waals surface area contributed by atoms with Gasteiger partial charge in [-0.3, -0.25) is 14.9 Å². The minimum Gasteiger partial charge on any atom is -0.295 e. The van der Waals surface area contributed by atoms with E-state index in [-0.39, 0.29) is 17.7 Å². The Morgan fingerprint density at radius 1 is 1.43 bits per heavy atom. The molecule has 1 fully saturated rings. The molecule has 0 radical (unpaired) electrons. The Morgan fingerprint density at radius 2 is 1.86 bits per heavy atom. The van der Waals surface area contributed by atoms with E-state index in [0.29, 0.717) is 0 Å². The zero-order chi connectivity index (χ0) is 5.44. The Kier molecular flexibility index (Phi) is 0.648. The van der Waals surface area contributed by atoms with Crippen molar-refractivity contribution in [1.82, 2.24) is 5.32 Å². The summed E-state index contributed by atoms with van der Waals surface area (Å²) < 4.78 is 0. The molecule has 0 atom stereocenters. The van der Waals surface area contributed by atoms with E-state index in [1.807, 2.05) is 0 Å². The van der Waals surface area contributed by atoms with Gasteiger partial charge < -0.3 is 0 Å². The van der Waals surface area contributed by atoms with E-state index >= 15 is 0 Å². The van der Waals surface area contributed by atoms with Crippen LogP contribution in [0.15, 0.2) is 0 Å². The molecule has 0 aliphatic carbocycles. The normalized spacial score (nSPS) is 21.3. The van der Waals surface area contributed by atoms with E-state index < -0.39 is 0 Å². The third-order valence-corrected chi connectivity index (χ3v) is 1.03. The molecule has 0 spiro atoms. The third-order valence-electron chi connectivity index (χ3n) is 1.03. The van der Waals surface area contributed by atoms with E-state index in [9.17, 15) is 9.59 Å². The molecule has 0 aromatic rings. The van der Waals surface area contributed by atoms with Crippen LogP contribution in [0.3, 0.4) is 0 Å². The Hall–Kier alpha value is -0.860. The highest BCUT2D eigenvalue weighted by Crippen LogP contribution is 2.03. The molecule has 1 N–H and O–H groups in total. The molecular formula is C4H5NO2. The number of imide groups is 1. The quantitative estimate of drug-likeness (QED) is 0.322. The van der Waals surface area contributed by atoms with Crippen LogP contribution >= 0.6 is 0 Å². The number of carbonyl (C=O) groups is 2. The second-order valence-electron chi connectivity index (χ2n) is 1.58. The lowest BCUT2D eigenvalue weighted by Gasteiger charge is -2.18. The topological polar surface area (TPSA) is 46.2 Å². The van der Waals surface area contributed by atoms with Gasteiger partial charge in [0.2, 0.25) is 11.8 Å². The molecule has 3 heteroatoms. The second-order valence-corrected chi connectivity index (χ2v) is 1.58. The van der Waals surface area contributed by atoms with Gasteiger partial charge in [-0.15, -0.1) is 0 Å². The van der Waals surface area contributed by atoms with Crippen LogP contribution in [0.5, 0.6) is 0 Å². The lowest BCUT2D eigenvalue weighted by molar-refractivity contribution is -0.147. The summed E-state index contributed by atoms with van der Waals surface area (Å²) in [5.41, 5.74) is 0. The summed E-state index contributed by atoms with van der Waals surface area (Å²) >= 11 is 0. The maximum Gasteiger partial charge on any atom is 0.238 e. The Bertz CT molecular complexity index is 116. The summed E-state index contributed by atoms with van der Waals surface area (Å²) in [4.78, 5) is 20.2. The number of hydrogen-bond donors (Lipinski definition) is 1.